The molecule has 1 amide bonds. The molecule has 0 aliphatic rings. The predicted molar refractivity (Wildman–Crippen MR) is 78.3 cm³/mol. The largest absolute Gasteiger partial charge is 0.355 e. The lowest BCUT2D eigenvalue weighted by molar-refractivity contribution is -0.120. The topological polar surface area (TPSA) is 46.9 Å². The van der Waals surface area contributed by atoms with Crippen molar-refractivity contribution in [1.29, 1.82) is 0 Å². The van der Waals surface area contributed by atoms with Crippen LogP contribution in [0.5, 0.6) is 0 Å². The van der Waals surface area contributed by atoms with Crippen LogP contribution in [0.2, 0.25) is 0 Å². The molecule has 1 N–H and O–H groups in total. The van der Waals surface area contributed by atoms with E-state index in [2.05, 4.69) is 35.2 Å². The van der Waals surface area contributed by atoms with Crippen molar-refractivity contribution in [2.24, 2.45) is 0 Å². The van der Waals surface area contributed by atoms with Crippen LogP contribution in [0, 0.1) is 0 Å². The van der Waals surface area contributed by atoms with Gasteiger partial charge in [0.05, 0.1) is 19.2 Å². The van der Waals surface area contributed by atoms with Gasteiger partial charge in [-0.3, -0.25) is 9.48 Å². The van der Waals surface area contributed by atoms with Gasteiger partial charge < -0.3 is 5.32 Å². The van der Waals surface area contributed by atoms with Gasteiger partial charge in [-0.2, -0.15) is 17.7 Å². The van der Waals surface area contributed by atoms with Crippen LogP contribution in [0.1, 0.15) is 11.1 Å². The van der Waals surface area contributed by atoms with E-state index in [1.54, 1.807) is 6.20 Å². The molecule has 100 valence electrons. The van der Waals surface area contributed by atoms with Gasteiger partial charge in [-0.15, -0.1) is 0 Å². The SMILES string of the molecule is O=C(Cc1cnn(Cc2ccccc2)c1)NCCS. The number of benzene rings is 1. The second-order valence-electron chi connectivity index (χ2n) is 4.28. The van der Waals surface area contributed by atoms with Crippen molar-refractivity contribution in [2.45, 2.75) is 13.0 Å². The summed E-state index contributed by atoms with van der Waals surface area (Å²) in [5.74, 6) is 0.659. The van der Waals surface area contributed by atoms with Gasteiger partial charge in [-0.1, -0.05) is 30.3 Å². The zero-order valence-electron chi connectivity index (χ0n) is 10.6. The van der Waals surface area contributed by atoms with Crippen LogP contribution in [0.3, 0.4) is 0 Å². The maximum atomic E-state index is 11.6. The van der Waals surface area contributed by atoms with E-state index in [-0.39, 0.29) is 5.91 Å². The van der Waals surface area contributed by atoms with E-state index in [0.29, 0.717) is 18.7 Å². The summed E-state index contributed by atoms with van der Waals surface area (Å²) in [4.78, 5) is 11.6. The van der Waals surface area contributed by atoms with Gasteiger partial charge in [-0.05, 0) is 11.1 Å². The first kappa shape index (κ1) is 13.7. The normalized spacial score (nSPS) is 10.4. The quantitative estimate of drug-likeness (QED) is 0.785. The third kappa shape index (κ3) is 4.44. The summed E-state index contributed by atoms with van der Waals surface area (Å²) in [6, 6.07) is 10.1. The molecule has 2 aromatic rings. The van der Waals surface area contributed by atoms with Crippen molar-refractivity contribution < 1.29 is 4.79 Å². The fourth-order valence-corrected chi connectivity index (χ4v) is 1.91. The summed E-state index contributed by atoms with van der Waals surface area (Å²) in [5.41, 5.74) is 2.12. The number of nitrogens with zero attached hydrogens (tertiary/aromatic N) is 2. The Labute approximate surface area is 118 Å². The fraction of sp³-hybridized carbons (Fsp3) is 0.286. The average Bonchev–Trinajstić information content (AvgIpc) is 2.85. The van der Waals surface area contributed by atoms with Crippen molar-refractivity contribution >= 4 is 18.5 Å². The van der Waals surface area contributed by atoms with E-state index in [9.17, 15) is 4.79 Å². The molecule has 0 spiro atoms. The molecule has 0 aliphatic heterocycles. The van der Waals surface area contributed by atoms with Gasteiger partial charge >= 0.3 is 0 Å². The Kier molecular flexibility index (Phi) is 5.03. The van der Waals surface area contributed by atoms with E-state index in [1.807, 2.05) is 29.1 Å². The molecular formula is C14H17N3OS. The number of amides is 1. The first-order valence-corrected chi connectivity index (χ1v) is 6.84. The van der Waals surface area contributed by atoms with Crippen LogP contribution in [0.4, 0.5) is 0 Å². The van der Waals surface area contributed by atoms with Crippen molar-refractivity contribution in [2.75, 3.05) is 12.3 Å². The molecule has 0 aliphatic carbocycles. The van der Waals surface area contributed by atoms with Crippen LogP contribution in [0.25, 0.3) is 0 Å². The third-order valence-electron chi connectivity index (χ3n) is 2.67. The van der Waals surface area contributed by atoms with E-state index in [4.69, 9.17) is 0 Å². The Morgan fingerprint density at radius 2 is 2.05 bits per heavy atom. The first-order valence-electron chi connectivity index (χ1n) is 6.21. The molecule has 0 saturated heterocycles. The lowest BCUT2D eigenvalue weighted by Crippen LogP contribution is -2.26. The maximum Gasteiger partial charge on any atom is 0.224 e. The lowest BCUT2D eigenvalue weighted by atomic mass is 10.2. The number of carbonyl (C=O) groups is 1. The molecule has 0 unspecified atom stereocenters. The summed E-state index contributed by atoms with van der Waals surface area (Å²) >= 11 is 4.05. The Hall–Kier alpha value is -1.75. The maximum absolute atomic E-state index is 11.6. The number of nitrogens with one attached hydrogen (secondary N) is 1. The first-order chi connectivity index (χ1) is 9.28. The van der Waals surface area contributed by atoms with Crippen molar-refractivity contribution in [3.63, 3.8) is 0 Å². The van der Waals surface area contributed by atoms with Gasteiger partial charge in [0.15, 0.2) is 0 Å². The molecule has 0 saturated carbocycles. The van der Waals surface area contributed by atoms with Gasteiger partial charge in [0.25, 0.3) is 0 Å². The van der Waals surface area contributed by atoms with Gasteiger partial charge in [-0.25, -0.2) is 0 Å². The Bertz CT molecular complexity index is 524. The third-order valence-corrected chi connectivity index (χ3v) is 2.90. The van der Waals surface area contributed by atoms with Crippen LogP contribution < -0.4 is 5.32 Å². The fourth-order valence-electron chi connectivity index (χ4n) is 1.80. The number of hydrogen-bond donors (Lipinski definition) is 2. The highest BCUT2D eigenvalue weighted by Gasteiger charge is 2.05. The Balaban J connectivity index is 1.90. The zero-order valence-corrected chi connectivity index (χ0v) is 11.5. The highest BCUT2D eigenvalue weighted by Crippen LogP contribution is 2.04. The molecule has 19 heavy (non-hydrogen) atoms. The molecule has 0 fully saturated rings. The summed E-state index contributed by atoms with van der Waals surface area (Å²) in [6.45, 7) is 1.32. The Morgan fingerprint density at radius 1 is 1.26 bits per heavy atom. The highest BCUT2D eigenvalue weighted by atomic mass is 32.1. The molecule has 0 atom stereocenters. The molecule has 1 heterocycles. The smallest absolute Gasteiger partial charge is 0.224 e. The number of rotatable bonds is 6. The van der Waals surface area contributed by atoms with E-state index >= 15 is 0 Å². The standard InChI is InChI=1S/C14H17N3OS/c18-14(15-6-7-19)8-13-9-16-17(11-13)10-12-4-2-1-3-5-12/h1-5,9,11,19H,6-8,10H2,(H,15,18). The van der Waals surface area contributed by atoms with E-state index in [1.165, 1.54) is 5.56 Å². The van der Waals surface area contributed by atoms with E-state index < -0.39 is 0 Å². The minimum absolute atomic E-state index is 0.00770. The van der Waals surface area contributed by atoms with Gasteiger partial charge in [0, 0.05) is 18.5 Å². The minimum Gasteiger partial charge on any atom is -0.355 e. The molecule has 1 aromatic carbocycles. The number of aromatic nitrogens is 2. The highest BCUT2D eigenvalue weighted by molar-refractivity contribution is 7.80. The Morgan fingerprint density at radius 3 is 2.79 bits per heavy atom. The van der Waals surface area contributed by atoms with E-state index in [0.717, 1.165) is 12.1 Å². The van der Waals surface area contributed by atoms with Crippen LogP contribution >= 0.6 is 12.6 Å². The minimum atomic E-state index is 0.00770. The second-order valence-corrected chi connectivity index (χ2v) is 4.73. The van der Waals surface area contributed by atoms with Gasteiger partial charge in [0.1, 0.15) is 0 Å². The van der Waals surface area contributed by atoms with Crippen molar-refractivity contribution in [1.82, 2.24) is 15.1 Å². The number of carbonyl (C=O) groups excluding carboxylic acids is 1. The van der Waals surface area contributed by atoms with Crippen molar-refractivity contribution in [3.05, 3.63) is 53.9 Å². The second kappa shape index (κ2) is 6.99. The summed E-state index contributed by atoms with van der Waals surface area (Å²) < 4.78 is 1.84. The number of hydrogen-bond acceptors (Lipinski definition) is 3. The average molecular weight is 275 g/mol. The molecule has 1 aromatic heterocycles. The molecule has 5 heteroatoms. The predicted octanol–water partition coefficient (Wildman–Crippen LogP) is 1.52. The monoisotopic (exact) mass is 275 g/mol. The lowest BCUT2D eigenvalue weighted by Gasteiger charge is -2.01. The molecule has 0 bridgehead atoms. The molecular weight excluding hydrogens is 258 g/mol. The number of thiol groups is 1. The van der Waals surface area contributed by atoms with Crippen molar-refractivity contribution in [3.8, 4) is 0 Å². The zero-order chi connectivity index (χ0) is 13.5. The van der Waals surface area contributed by atoms with Gasteiger partial charge in [0.2, 0.25) is 5.91 Å². The summed E-state index contributed by atoms with van der Waals surface area (Å²) in [6.07, 6.45) is 4.01. The molecule has 0 radical (unpaired) electrons. The van der Waals surface area contributed by atoms with Crippen LogP contribution in [-0.4, -0.2) is 28.0 Å². The molecule has 2 rings (SSSR count). The van der Waals surface area contributed by atoms with Crippen LogP contribution in [-0.2, 0) is 17.8 Å². The summed E-state index contributed by atoms with van der Waals surface area (Å²) in [7, 11) is 0. The molecule has 4 nitrogen and oxygen atoms in total. The van der Waals surface area contributed by atoms with Crippen LogP contribution in [0.15, 0.2) is 42.7 Å². The summed E-state index contributed by atoms with van der Waals surface area (Å²) in [5, 5.41) is 7.05.